The molecule has 2 aliphatic heterocycles. The summed E-state index contributed by atoms with van der Waals surface area (Å²) in [6.45, 7) is 7.28. The molecule has 2 atom stereocenters. The van der Waals surface area contributed by atoms with Gasteiger partial charge < -0.3 is 10.6 Å². The van der Waals surface area contributed by atoms with Crippen molar-refractivity contribution in [2.75, 3.05) is 11.4 Å². The van der Waals surface area contributed by atoms with Gasteiger partial charge in [0.1, 0.15) is 6.04 Å². The van der Waals surface area contributed by atoms with Gasteiger partial charge in [-0.1, -0.05) is 69.9 Å². The molecule has 6 nitrogen and oxygen atoms in total. The molecule has 1 aromatic rings. The number of aliphatic imine (C=N–C) groups is 1. The number of benzene rings is 1. The summed E-state index contributed by atoms with van der Waals surface area (Å²) < 4.78 is 0. The molecule has 4 aliphatic rings. The third-order valence-electron chi connectivity index (χ3n) is 8.64. The van der Waals surface area contributed by atoms with E-state index in [0.717, 1.165) is 62.8 Å². The van der Waals surface area contributed by atoms with Crippen molar-refractivity contribution in [3.63, 3.8) is 0 Å². The first kappa shape index (κ1) is 27.6. The van der Waals surface area contributed by atoms with E-state index in [4.69, 9.17) is 0 Å². The summed E-state index contributed by atoms with van der Waals surface area (Å²) in [5.41, 5.74) is 5.51. The largest absolute Gasteiger partial charge is 0.351 e. The number of hydrogen-bond donors (Lipinski definition) is 2. The van der Waals surface area contributed by atoms with Gasteiger partial charge in [-0.3, -0.25) is 19.5 Å². The van der Waals surface area contributed by atoms with Crippen LogP contribution in [0.15, 0.2) is 64.3 Å². The lowest BCUT2D eigenvalue weighted by Crippen LogP contribution is -2.58. The van der Waals surface area contributed by atoms with Crippen molar-refractivity contribution in [1.82, 2.24) is 10.6 Å². The Kier molecular flexibility index (Phi) is 8.51. The van der Waals surface area contributed by atoms with Gasteiger partial charge in [0.2, 0.25) is 11.8 Å². The average molecular weight is 529 g/mol. The topological polar surface area (TPSA) is 73.8 Å². The summed E-state index contributed by atoms with van der Waals surface area (Å²) in [6.07, 6.45) is 17.8. The molecule has 2 aliphatic carbocycles. The number of rotatable bonds is 6. The van der Waals surface area contributed by atoms with Crippen LogP contribution in [0.1, 0.15) is 90.5 Å². The van der Waals surface area contributed by atoms with E-state index >= 15 is 0 Å². The number of nitrogens with one attached hydrogen (secondary N) is 2. The number of nitrogens with zero attached hydrogens (tertiary/aromatic N) is 2. The summed E-state index contributed by atoms with van der Waals surface area (Å²) in [4.78, 5) is 34.8. The molecular formula is C33H44N4O2. The lowest BCUT2D eigenvalue weighted by molar-refractivity contribution is -0.127. The average Bonchev–Trinajstić information content (AvgIpc) is 2.96. The minimum Gasteiger partial charge on any atom is -0.351 e. The van der Waals surface area contributed by atoms with Crippen LogP contribution < -0.4 is 15.5 Å². The predicted molar refractivity (Wildman–Crippen MR) is 159 cm³/mol. The van der Waals surface area contributed by atoms with Crippen molar-refractivity contribution in [3.05, 3.63) is 64.9 Å². The number of allylic oxidation sites excluding steroid dienone is 2. The van der Waals surface area contributed by atoms with Crippen molar-refractivity contribution in [2.24, 2.45) is 4.99 Å². The summed E-state index contributed by atoms with van der Waals surface area (Å²) >= 11 is 0. The Hall–Kier alpha value is -2.99. The van der Waals surface area contributed by atoms with Crippen molar-refractivity contribution in [3.8, 4) is 0 Å². The minimum atomic E-state index is -0.726. The number of hydrogen-bond acceptors (Lipinski definition) is 4. The second-order valence-corrected chi connectivity index (χ2v) is 12.5. The molecule has 2 N–H and O–H groups in total. The van der Waals surface area contributed by atoms with Gasteiger partial charge in [-0.05, 0) is 79.2 Å². The summed E-state index contributed by atoms with van der Waals surface area (Å²) in [6, 6.07) is 7.27. The summed E-state index contributed by atoms with van der Waals surface area (Å²) in [7, 11) is 0. The highest BCUT2D eigenvalue weighted by Gasteiger charge is 2.39. The van der Waals surface area contributed by atoms with Crippen LogP contribution in [0.3, 0.4) is 0 Å². The van der Waals surface area contributed by atoms with Crippen LogP contribution in [0.4, 0.5) is 5.69 Å². The lowest BCUT2D eigenvalue weighted by Gasteiger charge is -2.38. The maximum absolute atomic E-state index is 14.5. The fourth-order valence-electron chi connectivity index (χ4n) is 6.29. The molecule has 1 unspecified atom stereocenters. The second kappa shape index (κ2) is 12.0. The van der Waals surface area contributed by atoms with Crippen LogP contribution in [-0.2, 0) is 15.0 Å². The number of amides is 2. The standard InChI is InChI=1S/C33H44N4O2/c1-33(2,3)26-15-17-28(18-16-26)37(32(39)29-20-23-10-7-8-11-24(23)22-35-29)30(25-12-9-19-34-21-25)31(38)36-27-13-5-4-6-14-27/h7,10,15-19,21,27,29-30,35H,4-6,8-9,11-14,20,22H2,1-3H3,(H,36,38)/t29-,30?/m1/s1. The zero-order chi connectivity index (χ0) is 27.4. The second-order valence-electron chi connectivity index (χ2n) is 12.5. The Morgan fingerprint density at radius 2 is 1.82 bits per heavy atom. The molecule has 0 aromatic heterocycles. The molecule has 0 saturated heterocycles. The van der Waals surface area contributed by atoms with E-state index < -0.39 is 6.04 Å². The molecule has 1 aromatic carbocycles. The van der Waals surface area contributed by atoms with Crippen LogP contribution in [0.25, 0.3) is 0 Å². The fourth-order valence-corrected chi connectivity index (χ4v) is 6.29. The number of carbonyl (C=O) groups excluding carboxylic acids is 2. The zero-order valence-corrected chi connectivity index (χ0v) is 23.8. The van der Waals surface area contributed by atoms with Gasteiger partial charge in [-0.25, -0.2) is 0 Å². The SMILES string of the molecule is CC(C)(C)c1ccc(N(C(=O)[C@H]2CC3=C(CCC=C3)CN2)C(C(=O)NC2CCCCC2)C2=CN=CCC2)cc1. The van der Waals surface area contributed by atoms with Gasteiger partial charge in [-0.2, -0.15) is 0 Å². The highest BCUT2D eigenvalue weighted by atomic mass is 16.2. The number of anilines is 1. The Bertz CT molecular complexity index is 1180. The van der Waals surface area contributed by atoms with Crippen LogP contribution in [0, 0.1) is 0 Å². The number of carbonyl (C=O) groups is 2. The zero-order valence-electron chi connectivity index (χ0n) is 23.8. The molecule has 39 heavy (non-hydrogen) atoms. The van der Waals surface area contributed by atoms with E-state index in [1.807, 2.05) is 18.3 Å². The van der Waals surface area contributed by atoms with Gasteiger partial charge in [0.25, 0.3) is 0 Å². The fraction of sp³-hybridized carbons (Fsp3) is 0.545. The molecule has 0 bridgehead atoms. The Labute approximate surface area is 233 Å². The normalized spacial score (nSPS) is 22.6. The quantitative estimate of drug-likeness (QED) is 0.483. The highest BCUT2D eigenvalue weighted by molar-refractivity contribution is 6.05. The molecule has 0 radical (unpaired) electrons. The van der Waals surface area contributed by atoms with Gasteiger partial charge in [0, 0.05) is 30.7 Å². The maximum Gasteiger partial charge on any atom is 0.247 e. The molecule has 2 amide bonds. The Morgan fingerprint density at radius 1 is 1.05 bits per heavy atom. The summed E-state index contributed by atoms with van der Waals surface area (Å²) in [5.74, 6) is -0.143. The highest BCUT2D eigenvalue weighted by Crippen LogP contribution is 2.32. The smallest absolute Gasteiger partial charge is 0.247 e. The van der Waals surface area contributed by atoms with Crippen molar-refractivity contribution in [2.45, 2.75) is 109 Å². The van der Waals surface area contributed by atoms with Gasteiger partial charge in [0.15, 0.2) is 0 Å². The van der Waals surface area contributed by atoms with Crippen molar-refractivity contribution < 1.29 is 9.59 Å². The maximum atomic E-state index is 14.5. The molecule has 5 rings (SSSR count). The van der Waals surface area contributed by atoms with E-state index in [9.17, 15) is 9.59 Å². The first-order valence-corrected chi connectivity index (χ1v) is 14.9. The first-order valence-electron chi connectivity index (χ1n) is 14.9. The Balaban J connectivity index is 1.52. The van der Waals surface area contributed by atoms with E-state index in [0.29, 0.717) is 12.8 Å². The molecule has 6 heteroatoms. The van der Waals surface area contributed by atoms with Crippen LogP contribution in [0.2, 0.25) is 0 Å². The van der Waals surface area contributed by atoms with Crippen LogP contribution >= 0.6 is 0 Å². The van der Waals surface area contributed by atoms with Gasteiger partial charge >= 0.3 is 0 Å². The van der Waals surface area contributed by atoms with Crippen LogP contribution in [-0.4, -0.2) is 42.7 Å². The van der Waals surface area contributed by atoms with Gasteiger partial charge in [0.05, 0.1) is 6.04 Å². The Morgan fingerprint density at radius 3 is 2.51 bits per heavy atom. The molecule has 0 spiro atoms. The molecule has 208 valence electrons. The lowest BCUT2D eigenvalue weighted by atomic mass is 9.86. The minimum absolute atomic E-state index is 0.00709. The van der Waals surface area contributed by atoms with E-state index in [1.165, 1.54) is 23.1 Å². The molecule has 1 fully saturated rings. The predicted octanol–water partition coefficient (Wildman–Crippen LogP) is 5.89. The molecular weight excluding hydrogens is 484 g/mol. The van der Waals surface area contributed by atoms with E-state index in [2.05, 4.69) is 60.7 Å². The summed E-state index contributed by atoms with van der Waals surface area (Å²) in [5, 5.41) is 6.86. The van der Waals surface area contributed by atoms with Crippen molar-refractivity contribution >= 4 is 23.7 Å². The third kappa shape index (κ3) is 6.43. The van der Waals surface area contributed by atoms with Gasteiger partial charge in [-0.15, -0.1) is 0 Å². The molecule has 1 saturated carbocycles. The molecule has 2 heterocycles. The van der Waals surface area contributed by atoms with E-state index in [-0.39, 0.29) is 29.3 Å². The first-order chi connectivity index (χ1) is 18.8. The van der Waals surface area contributed by atoms with E-state index in [1.54, 1.807) is 11.1 Å². The third-order valence-corrected chi connectivity index (χ3v) is 8.64. The van der Waals surface area contributed by atoms with Crippen LogP contribution in [0.5, 0.6) is 0 Å². The monoisotopic (exact) mass is 528 g/mol. The van der Waals surface area contributed by atoms with Crippen molar-refractivity contribution in [1.29, 1.82) is 0 Å².